The molecule has 1 aromatic carbocycles. The van der Waals surface area contributed by atoms with Crippen molar-refractivity contribution in [1.29, 1.82) is 0 Å². The number of para-hydroxylation sites is 1. The lowest BCUT2D eigenvalue weighted by Gasteiger charge is -2.22. The Kier molecular flexibility index (Phi) is 10.3. The molecule has 2 aromatic rings. The first kappa shape index (κ1) is 27.8. The molecule has 0 saturated carbocycles. The van der Waals surface area contributed by atoms with E-state index in [4.69, 9.17) is 14.6 Å². The molecule has 0 bridgehead atoms. The average molecular weight is 488 g/mol. The van der Waals surface area contributed by atoms with Crippen molar-refractivity contribution in [2.24, 2.45) is 0 Å². The van der Waals surface area contributed by atoms with Gasteiger partial charge in [0.2, 0.25) is 5.91 Å². The second-order valence-corrected chi connectivity index (χ2v) is 9.14. The molecule has 10 nitrogen and oxygen atoms in total. The van der Waals surface area contributed by atoms with Gasteiger partial charge in [-0.15, -0.1) is 0 Å². The first-order chi connectivity index (χ1) is 16.6. The first-order valence-electron chi connectivity index (χ1n) is 11.7. The molecule has 0 aliphatic rings. The molecule has 10 heteroatoms. The molecule has 192 valence electrons. The summed E-state index contributed by atoms with van der Waals surface area (Å²) in [5, 5.41) is 10.2. The van der Waals surface area contributed by atoms with Crippen LogP contribution in [0.15, 0.2) is 30.3 Å². The van der Waals surface area contributed by atoms with E-state index in [1.165, 1.54) is 4.90 Å². The third-order valence-corrected chi connectivity index (χ3v) is 5.18. The Morgan fingerprint density at radius 2 is 1.89 bits per heavy atom. The summed E-state index contributed by atoms with van der Waals surface area (Å²) < 4.78 is 11.6. The summed E-state index contributed by atoms with van der Waals surface area (Å²) >= 11 is 0. The van der Waals surface area contributed by atoms with Crippen LogP contribution in [0.2, 0.25) is 0 Å². The van der Waals surface area contributed by atoms with Gasteiger partial charge in [-0.05, 0) is 31.9 Å². The average Bonchev–Trinajstić information content (AvgIpc) is 3.21. The van der Waals surface area contributed by atoms with E-state index in [1.807, 2.05) is 37.3 Å². The largest absolute Gasteiger partial charge is 0.465 e. The van der Waals surface area contributed by atoms with E-state index in [-0.39, 0.29) is 37.6 Å². The molecule has 35 heavy (non-hydrogen) atoms. The van der Waals surface area contributed by atoms with Crippen LogP contribution in [-0.4, -0.2) is 72.5 Å². The van der Waals surface area contributed by atoms with Gasteiger partial charge in [-0.2, -0.15) is 5.10 Å². The number of hydrogen-bond donors (Lipinski definition) is 2. The maximum Gasteiger partial charge on any atom is 0.325 e. The molecule has 0 unspecified atom stereocenters. The lowest BCUT2D eigenvalue weighted by Crippen LogP contribution is -2.46. The van der Waals surface area contributed by atoms with E-state index in [9.17, 15) is 14.4 Å². The van der Waals surface area contributed by atoms with Crippen LogP contribution < -0.4 is 10.6 Å². The molecule has 0 saturated heterocycles. The number of urea groups is 1. The van der Waals surface area contributed by atoms with Gasteiger partial charge in [0.15, 0.2) is 0 Å². The Morgan fingerprint density at radius 3 is 2.51 bits per heavy atom. The van der Waals surface area contributed by atoms with E-state index >= 15 is 0 Å². The SMILES string of the molecule is CCOC(=O)CNC(=O)N(CCCOC)CC(=O)Nc1cc(C(C)(C)C)nn1-c1ccccc1C. The van der Waals surface area contributed by atoms with Crippen LogP contribution >= 0.6 is 0 Å². The minimum atomic E-state index is -0.543. The number of esters is 1. The summed E-state index contributed by atoms with van der Waals surface area (Å²) in [6, 6.07) is 9.08. The summed E-state index contributed by atoms with van der Waals surface area (Å²) in [6.45, 7) is 10.3. The van der Waals surface area contributed by atoms with Crippen LogP contribution in [0.1, 0.15) is 45.4 Å². The van der Waals surface area contributed by atoms with Crippen molar-refractivity contribution < 1.29 is 23.9 Å². The van der Waals surface area contributed by atoms with Crippen LogP contribution in [-0.2, 0) is 24.5 Å². The molecule has 0 aliphatic carbocycles. The molecule has 0 aliphatic heterocycles. The fraction of sp³-hybridized carbons (Fsp3) is 0.520. The number of carbonyl (C=O) groups excluding carboxylic acids is 3. The maximum absolute atomic E-state index is 13.0. The Morgan fingerprint density at radius 1 is 1.17 bits per heavy atom. The van der Waals surface area contributed by atoms with Gasteiger partial charge in [0, 0.05) is 31.7 Å². The molecule has 0 radical (unpaired) electrons. The zero-order chi connectivity index (χ0) is 26.0. The zero-order valence-corrected chi connectivity index (χ0v) is 21.5. The number of methoxy groups -OCH3 is 1. The normalized spacial score (nSPS) is 11.1. The quantitative estimate of drug-likeness (QED) is 0.372. The van der Waals surface area contributed by atoms with Crippen molar-refractivity contribution in [2.45, 2.75) is 46.5 Å². The number of carbonyl (C=O) groups is 3. The lowest BCUT2D eigenvalue weighted by molar-refractivity contribution is -0.141. The van der Waals surface area contributed by atoms with Crippen molar-refractivity contribution in [1.82, 2.24) is 20.0 Å². The summed E-state index contributed by atoms with van der Waals surface area (Å²) in [5.41, 5.74) is 2.45. The number of hydrogen-bond acceptors (Lipinski definition) is 6. The van der Waals surface area contributed by atoms with Crippen molar-refractivity contribution in [3.05, 3.63) is 41.6 Å². The van der Waals surface area contributed by atoms with E-state index in [2.05, 4.69) is 31.4 Å². The van der Waals surface area contributed by atoms with Gasteiger partial charge in [0.05, 0.1) is 18.0 Å². The fourth-order valence-corrected chi connectivity index (χ4v) is 3.30. The number of anilines is 1. The lowest BCUT2D eigenvalue weighted by atomic mass is 9.92. The van der Waals surface area contributed by atoms with E-state index in [1.54, 1.807) is 18.7 Å². The van der Waals surface area contributed by atoms with Gasteiger partial charge in [-0.25, -0.2) is 9.48 Å². The van der Waals surface area contributed by atoms with Crippen LogP contribution in [0, 0.1) is 6.92 Å². The molecule has 0 spiro atoms. The van der Waals surface area contributed by atoms with Gasteiger partial charge < -0.3 is 25.0 Å². The fourth-order valence-electron chi connectivity index (χ4n) is 3.30. The standard InChI is InChI=1S/C25H37N5O5/c1-7-35-23(32)16-26-24(33)29(13-10-14-34-6)17-22(31)27-21-15-20(25(3,4)5)28-30(21)19-12-9-8-11-18(19)2/h8-9,11-12,15H,7,10,13-14,16-17H2,1-6H3,(H,26,33)(H,27,31). The second kappa shape index (κ2) is 12.9. The number of ether oxygens (including phenoxy) is 2. The Hall–Kier alpha value is -3.40. The third-order valence-electron chi connectivity index (χ3n) is 5.18. The molecule has 1 aromatic heterocycles. The number of benzene rings is 1. The van der Waals surface area contributed by atoms with Gasteiger partial charge >= 0.3 is 12.0 Å². The van der Waals surface area contributed by atoms with Crippen LogP contribution in [0.4, 0.5) is 10.6 Å². The number of aryl methyl sites for hydroxylation is 1. The Bertz CT molecular complexity index is 1010. The van der Waals surface area contributed by atoms with Crippen molar-refractivity contribution >= 4 is 23.7 Å². The molecule has 2 N–H and O–H groups in total. The molecule has 1 heterocycles. The van der Waals surface area contributed by atoms with Gasteiger partial charge in [0.25, 0.3) is 0 Å². The number of amides is 3. The molecule has 2 rings (SSSR count). The summed E-state index contributed by atoms with van der Waals surface area (Å²) in [4.78, 5) is 38.7. The summed E-state index contributed by atoms with van der Waals surface area (Å²) in [7, 11) is 1.57. The number of aromatic nitrogens is 2. The van der Waals surface area contributed by atoms with E-state index < -0.39 is 12.0 Å². The maximum atomic E-state index is 13.0. The molecular weight excluding hydrogens is 450 g/mol. The molecule has 0 atom stereocenters. The number of rotatable bonds is 11. The highest BCUT2D eigenvalue weighted by molar-refractivity contribution is 5.94. The smallest absolute Gasteiger partial charge is 0.325 e. The number of nitrogens with zero attached hydrogens (tertiary/aromatic N) is 3. The predicted molar refractivity (Wildman–Crippen MR) is 134 cm³/mol. The topological polar surface area (TPSA) is 115 Å². The van der Waals surface area contributed by atoms with Gasteiger partial charge in [-0.3, -0.25) is 9.59 Å². The minimum absolute atomic E-state index is 0.206. The number of nitrogens with one attached hydrogen (secondary N) is 2. The highest BCUT2D eigenvalue weighted by Gasteiger charge is 2.23. The van der Waals surface area contributed by atoms with Crippen LogP contribution in [0.5, 0.6) is 0 Å². The van der Waals surface area contributed by atoms with Gasteiger partial charge in [-0.1, -0.05) is 39.0 Å². The van der Waals surface area contributed by atoms with Crippen LogP contribution in [0.3, 0.4) is 0 Å². The van der Waals surface area contributed by atoms with Crippen molar-refractivity contribution in [3.63, 3.8) is 0 Å². The summed E-state index contributed by atoms with van der Waals surface area (Å²) in [6.07, 6.45) is 0.534. The zero-order valence-electron chi connectivity index (χ0n) is 21.5. The molecular formula is C25H37N5O5. The monoisotopic (exact) mass is 487 g/mol. The van der Waals surface area contributed by atoms with Crippen molar-refractivity contribution in [2.75, 3.05) is 45.3 Å². The molecule has 3 amide bonds. The highest BCUT2D eigenvalue weighted by atomic mass is 16.5. The Labute approximate surface area is 207 Å². The van der Waals surface area contributed by atoms with E-state index in [0.717, 1.165) is 16.9 Å². The van der Waals surface area contributed by atoms with Gasteiger partial charge in [0.1, 0.15) is 18.9 Å². The first-order valence-corrected chi connectivity index (χ1v) is 11.7. The Balaban J connectivity index is 2.21. The minimum Gasteiger partial charge on any atom is -0.465 e. The van der Waals surface area contributed by atoms with Crippen LogP contribution in [0.25, 0.3) is 5.69 Å². The third kappa shape index (κ3) is 8.40. The summed E-state index contributed by atoms with van der Waals surface area (Å²) in [5.74, 6) is -0.416. The predicted octanol–water partition coefficient (Wildman–Crippen LogP) is 3.03. The van der Waals surface area contributed by atoms with E-state index in [0.29, 0.717) is 18.8 Å². The highest BCUT2D eigenvalue weighted by Crippen LogP contribution is 2.27. The van der Waals surface area contributed by atoms with Crippen molar-refractivity contribution in [3.8, 4) is 5.69 Å². The second-order valence-electron chi connectivity index (χ2n) is 9.14. The molecule has 0 fully saturated rings.